The fraction of sp³-hybridized carbons (Fsp3) is 0.462. The highest BCUT2D eigenvalue weighted by Gasteiger charge is 2.16. The topological polar surface area (TPSA) is 93.5 Å². The Labute approximate surface area is 135 Å². The number of nitro benzene ring substituents is 1. The second-order valence-corrected chi connectivity index (χ2v) is 4.81. The van der Waals surface area contributed by atoms with Crippen molar-refractivity contribution in [2.45, 2.75) is 25.8 Å². The highest BCUT2D eigenvalue weighted by Crippen LogP contribution is 2.24. The average Bonchev–Trinajstić information content (AvgIpc) is 2.35. The maximum absolute atomic E-state index is 10.6. The smallest absolute Gasteiger partial charge is 0.269 e. The zero-order chi connectivity index (χ0) is 13.7. The number of hydrogen-bond acceptors (Lipinski definition) is 3. The van der Waals surface area contributed by atoms with Gasteiger partial charge < -0.3 is 11.1 Å². The second-order valence-electron chi connectivity index (χ2n) is 4.81. The van der Waals surface area contributed by atoms with Gasteiger partial charge in [0.25, 0.3) is 5.69 Å². The summed E-state index contributed by atoms with van der Waals surface area (Å²) in [6, 6.07) is 6.44. The van der Waals surface area contributed by atoms with Crippen molar-refractivity contribution < 1.29 is 4.92 Å². The van der Waals surface area contributed by atoms with E-state index in [0.29, 0.717) is 18.4 Å². The number of nitrogens with two attached hydrogens (primary N) is 1. The van der Waals surface area contributed by atoms with E-state index in [1.54, 1.807) is 12.1 Å². The predicted molar refractivity (Wildman–Crippen MR) is 89.2 cm³/mol. The van der Waals surface area contributed by atoms with Crippen LogP contribution in [0.3, 0.4) is 0 Å². The molecule has 0 heterocycles. The van der Waals surface area contributed by atoms with Crippen LogP contribution < -0.4 is 11.1 Å². The lowest BCUT2D eigenvalue weighted by molar-refractivity contribution is -0.384. The third-order valence-electron chi connectivity index (χ3n) is 3.35. The SMILES string of the molecule is I.NC(=NCc1cccc([N+](=O)[O-])c1)NCC1CCC1. The van der Waals surface area contributed by atoms with E-state index in [1.165, 1.54) is 31.4 Å². The van der Waals surface area contributed by atoms with E-state index in [9.17, 15) is 10.1 Å². The minimum atomic E-state index is -0.411. The van der Waals surface area contributed by atoms with Gasteiger partial charge in [0.1, 0.15) is 0 Å². The van der Waals surface area contributed by atoms with Crippen LogP contribution in [0.1, 0.15) is 24.8 Å². The fourth-order valence-electron chi connectivity index (χ4n) is 1.95. The molecule has 3 N–H and O–H groups in total. The van der Waals surface area contributed by atoms with E-state index in [1.807, 2.05) is 0 Å². The first-order chi connectivity index (χ1) is 9.15. The zero-order valence-corrected chi connectivity index (χ0v) is 13.4. The van der Waals surface area contributed by atoms with Crippen LogP contribution in [0.25, 0.3) is 0 Å². The van der Waals surface area contributed by atoms with E-state index in [0.717, 1.165) is 12.1 Å². The molecule has 0 radical (unpaired) electrons. The largest absolute Gasteiger partial charge is 0.370 e. The molecule has 6 nitrogen and oxygen atoms in total. The molecule has 0 aromatic heterocycles. The van der Waals surface area contributed by atoms with Crippen molar-refractivity contribution in [1.82, 2.24) is 5.32 Å². The van der Waals surface area contributed by atoms with E-state index < -0.39 is 4.92 Å². The zero-order valence-electron chi connectivity index (χ0n) is 11.1. The number of nitrogens with one attached hydrogen (secondary N) is 1. The quantitative estimate of drug-likeness (QED) is 0.266. The number of halogens is 1. The average molecular weight is 390 g/mol. The van der Waals surface area contributed by atoms with Crippen molar-refractivity contribution in [3.05, 3.63) is 39.9 Å². The van der Waals surface area contributed by atoms with Gasteiger partial charge in [-0.25, -0.2) is 4.99 Å². The van der Waals surface area contributed by atoms with Crippen LogP contribution in [-0.4, -0.2) is 17.4 Å². The van der Waals surface area contributed by atoms with Crippen LogP contribution >= 0.6 is 24.0 Å². The fourth-order valence-corrected chi connectivity index (χ4v) is 1.95. The van der Waals surface area contributed by atoms with Gasteiger partial charge in [0.2, 0.25) is 0 Å². The number of hydrogen-bond donors (Lipinski definition) is 2. The number of non-ortho nitro benzene ring substituents is 1. The summed E-state index contributed by atoms with van der Waals surface area (Å²) in [6.45, 7) is 1.22. The number of benzene rings is 1. The van der Waals surface area contributed by atoms with Crippen molar-refractivity contribution >= 4 is 35.6 Å². The molecule has 20 heavy (non-hydrogen) atoms. The van der Waals surface area contributed by atoms with Gasteiger partial charge in [0.05, 0.1) is 11.5 Å². The van der Waals surface area contributed by atoms with Crippen molar-refractivity contribution in [2.24, 2.45) is 16.6 Å². The Kier molecular flexibility index (Phi) is 6.69. The molecule has 1 aromatic rings. The maximum atomic E-state index is 10.6. The summed E-state index contributed by atoms with van der Waals surface area (Å²) in [5.74, 6) is 1.12. The van der Waals surface area contributed by atoms with E-state index in [4.69, 9.17) is 5.73 Å². The van der Waals surface area contributed by atoms with Crippen molar-refractivity contribution in [2.75, 3.05) is 6.54 Å². The first-order valence-electron chi connectivity index (χ1n) is 6.42. The van der Waals surface area contributed by atoms with Crippen LogP contribution in [0, 0.1) is 16.0 Å². The van der Waals surface area contributed by atoms with E-state index in [2.05, 4.69) is 10.3 Å². The van der Waals surface area contributed by atoms with Crippen molar-refractivity contribution in [1.29, 1.82) is 0 Å². The number of aliphatic imine (C=N–C) groups is 1. The standard InChI is InChI=1S/C13H18N4O2.HI/c14-13(15-8-10-3-1-4-10)16-9-11-5-2-6-12(7-11)17(18)19;/h2,5-7,10H,1,3-4,8-9H2,(H3,14,15,16);1H. The van der Waals surface area contributed by atoms with Gasteiger partial charge in [-0.3, -0.25) is 10.1 Å². The van der Waals surface area contributed by atoms with Crippen LogP contribution in [0.15, 0.2) is 29.3 Å². The van der Waals surface area contributed by atoms with Gasteiger partial charge in [-0.05, 0) is 24.3 Å². The van der Waals surface area contributed by atoms with Gasteiger partial charge >= 0.3 is 0 Å². The highest BCUT2D eigenvalue weighted by molar-refractivity contribution is 14.0. The summed E-state index contributed by atoms with van der Waals surface area (Å²) in [7, 11) is 0. The molecule has 110 valence electrons. The van der Waals surface area contributed by atoms with Crippen LogP contribution in [-0.2, 0) is 6.54 Å². The van der Waals surface area contributed by atoms with Crippen LogP contribution in [0.2, 0.25) is 0 Å². The van der Waals surface area contributed by atoms with Gasteiger partial charge in [-0.15, -0.1) is 24.0 Å². The Morgan fingerprint density at radius 1 is 1.50 bits per heavy atom. The summed E-state index contributed by atoms with van der Waals surface area (Å²) in [5.41, 5.74) is 6.61. The van der Waals surface area contributed by atoms with Crippen molar-refractivity contribution in [3.63, 3.8) is 0 Å². The summed E-state index contributed by atoms with van der Waals surface area (Å²) in [4.78, 5) is 14.4. The molecule has 0 saturated heterocycles. The molecule has 1 aliphatic rings. The Hall–Kier alpha value is -1.38. The normalized spacial score (nSPS) is 15.1. The third kappa shape index (κ3) is 4.95. The number of nitro groups is 1. The molecule has 0 atom stereocenters. The van der Waals surface area contributed by atoms with E-state index in [-0.39, 0.29) is 29.7 Å². The molecule has 0 spiro atoms. The number of rotatable bonds is 5. The van der Waals surface area contributed by atoms with Gasteiger partial charge in [0.15, 0.2) is 5.96 Å². The molecule has 1 aliphatic carbocycles. The molecule has 0 bridgehead atoms. The second kappa shape index (κ2) is 8.03. The number of nitrogens with zero attached hydrogens (tertiary/aromatic N) is 2. The van der Waals surface area contributed by atoms with Gasteiger partial charge in [0, 0.05) is 18.7 Å². The highest BCUT2D eigenvalue weighted by atomic mass is 127. The minimum absolute atomic E-state index is 0. The molecular formula is C13H19IN4O2. The lowest BCUT2D eigenvalue weighted by atomic mass is 9.85. The Morgan fingerprint density at radius 3 is 2.85 bits per heavy atom. The maximum Gasteiger partial charge on any atom is 0.269 e. The van der Waals surface area contributed by atoms with Crippen LogP contribution in [0.4, 0.5) is 5.69 Å². The molecule has 1 saturated carbocycles. The first-order valence-corrected chi connectivity index (χ1v) is 6.42. The Balaban J connectivity index is 0.00000200. The lowest BCUT2D eigenvalue weighted by Gasteiger charge is -2.25. The van der Waals surface area contributed by atoms with Crippen LogP contribution in [0.5, 0.6) is 0 Å². The third-order valence-corrected chi connectivity index (χ3v) is 3.35. The molecule has 1 aromatic carbocycles. The van der Waals surface area contributed by atoms with Gasteiger partial charge in [-0.1, -0.05) is 18.6 Å². The number of guanidine groups is 1. The molecule has 1 fully saturated rings. The first kappa shape index (κ1) is 16.7. The Bertz CT molecular complexity index is 489. The Morgan fingerprint density at radius 2 is 2.25 bits per heavy atom. The minimum Gasteiger partial charge on any atom is -0.370 e. The molecule has 0 aliphatic heterocycles. The summed E-state index contributed by atoms with van der Waals surface area (Å²) in [5, 5.41) is 13.7. The predicted octanol–water partition coefficient (Wildman–Crippen LogP) is 2.42. The van der Waals surface area contributed by atoms with Gasteiger partial charge in [-0.2, -0.15) is 0 Å². The lowest BCUT2D eigenvalue weighted by Crippen LogP contribution is -2.37. The molecule has 0 unspecified atom stereocenters. The van der Waals surface area contributed by atoms with E-state index >= 15 is 0 Å². The molecule has 0 amide bonds. The molecule has 7 heteroatoms. The summed E-state index contributed by atoms with van der Waals surface area (Å²) in [6.07, 6.45) is 3.81. The summed E-state index contributed by atoms with van der Waals surface area (Å²) >= 11 is 0. The van der Waals surface area contributed by atoms with Crippen molar-refractivity contribution in [3.8, 4) is 0 Å². The monoisotopic (exact) mass is 390 g/mol. The molecular weight excluding hydrogens is 371 g/mol. The summed E-state index contributed by atoms with van der Waals surface area (Å²) < 4.78 is 0. The molecule has 2 rings (SSSR count).